The van der Waals surface area contributed by atoms with E-state index in [4.69, 9.17) is 5.26 Å². The van der Waals surface area contributed by atoms with Gasteiger partial charge in [-0.2, -0.15) is 5.26 Å². The molecule has 3 nitrogen and oxygen atoms in total. The molecule has 0 aliphatic rings. The van der Waals surface area contributed by atoms with Crippen molar-refractivity contribution in [3.05, 3.63) is 54.6 Å². The number of nitriles is 1. The molecule has 4 heteroatoms. The van der Waals surface area contributed by atoms with E-state index in [-0.39, 0.29) is 0 Å². The summed E-state index contributed by atoms with van der Waals surface area (Å²) in [5.41, 5.74) is 3.09. The van der Waals surface area contributed by atoms with Crippen LogP contribution in [0, 0.1) is 11.5 Å². The third kappa shape index (κ3) is 3.60. The monoisotopic (exact) mass is 267 g/mol. The van der Waals surface area contributed by atoms with Gasteiger partial charge in [0.05, 0.1) is 5.69 Å². The van der Waals surface area contributed by atoms with Crippen LogP contribution in [0.25, 0.3) is 11.1 Å². The molecule has 2 aromatic carbocycles. The predicted molar refractivity (Wildman–Crippen MR) is 81.2 cm³/mol. The van der Waals surface area contributed by atoms with Gasteiger partial charge in [0, 0.05) is 0 Å². The maximum atomic E-state index is 8.62. The second-order valence-corrected chi connectivity index (χ2v) is 4.57. The second-order valence-electron chi connectivity index (χ2n) is 3.77. The van der Waals surface area contributed by atoms with Crippen molar-refractivity contribution in [1.29, 1.82) is 5.26 Å². The molecular weight excluding hydrogens is 254 g/mol. The molecule has 0 aliphatic heterocycles. The van der Waals surface area contributed by atoms with E-state index in [2.05, 4.69) is 22.4 Å². The molecule has 0 fully saturated rings. The Hall–Kier alpha value is -2.25. The summed E-state index contributed by atoms with van der Waals surface area (Å²) in [5.74, 6) is 0. The zero-order valence-electron chi connectivity index (χ0n) is 10.5. The molecule has 0 atom stereocenters. The number of amidine groups is 1. The van der Waals surface area contributed by atoms with Crippen LogP contribution < -0.4 is 5.32 Å². The normalized spacial score (nSPS) is 10.8. The molecule has 19 heavy (non-hydrogen) atoms. The Morgan fingerprint density at radius 2 is 1.84 bits per heavy atom. The topological polar surface area (TPSA) is 48.2 Å². The third-order valence-electron chi connectivity index (χ3n) is 2.54. The SMILES string of the molecule is CSC(=Nc1cccc(-c2ccccc2)c1)NC#N. The van der Waals surface area contributed by atoms with E-state index in [1.165, 1.54) is 11.8 Å². The molecule has 0 amide bonds. The van der Waals surface area contributed by atoms with Crippen LogP contribution in [0.2, 0.25) is 0 Å². The van der Waals surface area contributed by atoms with Gasteiger partial charge < -0.3 is 0 Å². The van der Waals surface area contributed by atoms with E-state index in [0.717, 1.165) is 16.8 Å². The zero-order valence-corrected chi connectivity index (χ0v) is 11.3. The maximum absolute atomic E-state index is 8.62. The van der Waals surface area contributed by atoms with Gasteiger partial charge in [0.1, 0.15) is 0 Å². The lowest BCUT2D eigenvalue weighted by Crippen LogP contribution is -2.12. The van der Waals surface area contributed by atoms with Crippen LogP contribution in [-0.2, 0) is 0 Å². The van der Waals surface area contributed by atoms with Crippen LogP contribution in [0.3, 0.4) is 0 Å². The van der Waals surface area contributed by atoms with Crippen LogP contribution >= 0.6 is 11.8 Å². The molecule has 1 N–H and O–H groups in total. The Morgan fingerprint density at radius 1 is 1.11 bits per heavy atom. The van der Waals surface area contributed by atoms with Gasteiger partial charge in [-0.1, -0.05) is 54.2 Å². The van der Waals surface area contributed by atoms with Crippen molar-refractivity contribution >= 4 is 22.6 Å². The average Bonchev–Trinajstić information content (AvgIpc) is 2.48. The molecule has 2 rings (SSSR count). The second kappa shape index (κ2) is 6.62. The van der Waals surface area contributed by atoms with Crippen molar-refractivity contribution in [2.75, 3.05) is 6.26 Å². The summed E-state index contributed by atoms with van der Waals surface area (Å²) in [4.78, 5) is 4.40. The minimum Gasteiger partial charge on any atom is -0.271 e. The van der Waals surface area contributed by atoms with E-state index >= 15 is 0 Å². The van der Waals surface area contributed by atoms with E-state index in [9.17, 15) is 0 Å². The first-order chi connectivity index (χ1) is 9.33. The Balaban J connectivity index is 2.33. The van der Waals surface area contributed by atoms with Gasteiger partial charge in [0.15, 0.2) is 11.4 Å². The van der Waals surface area contributed by atoms with E-state index in [1.54, 1.807) is 0 Å². The van der Waals surface area contributed by atoms with Gasteiger partial charge in [-0.25, -0.2) is 4.99 Å². The third-order valence-corrected chi connectivity index (χ3v) is 3.12. The van der Waals surface area contributed by atoms with Gasteiger partial charge >= 0.3 is 0 Å². The van der Waals surface area contributed by atoms with Crippen molar-refractivity contribution in [1.82, 2.24) is 5.32 Å². The van der Waals surface area contributed by atoms with Crippen molar-refractivity contribution in [3.8, 4) is 17.3 Å². The van der Waals surface area contributed by atoms with Crippen LogP contribution in [0.15, 0.2) is 59.6 Å². The van der Waals surface area contributed by atoms with Crippen molar-refractivity contribution < 1.29 is 0 Å². The summed E-state index contributed by atoms with van der Waals surface area (Å²) in [5, 5.41) is 11.8. The van der Waals surface area contributed by atoms with Crippen molar-refractivity contribution in [2.45, 2.75) is 0 Å². The zero-order chi connectivity index (χ0) is 13.5. The van der Waals surface area contributed by atoms with Gasteiger partial charge in [-0.05, 0) is 29.5 Å². The highest BCUT2D eigenvalue weighted by molar-refractivity contribution is 8.13. The molecule has 0 saturated heterocycles. The molecule has 0 heterocycles. The van der Waals surface area contributed by atoms with Crippen LogP contribution in [0.4, 0.5) is 5.69 Å². The molecule has 0 saturated carbocycles. The lowest BCUT2D eigenvalue weighted by molar-refractivity contribution is 1.28. The predicted octanol–water partition coefficient (Wildman–Crippen LogP) is 3.77. The molecule has 0 aliphatic carbocycles. The minimum absolute atomic E-state index is 0.590. The number of hydrogen-bond acceptors (Lipinski definition) is 3. The van der Waals surface area contributed by atoms with Gasteiger partial charge in [-0.3, -0.25) is 5.32 Å². The van der Waals surface area contributed by atoms with Crippen molar-refractivity contribution in [2.24, 2.45) is 4.99 Å². The van der Waals surface area contributed by atoms with E-state index in [0.29, 0.717) is 5.17 Å². The standard InChI is InChI=1S/C15H13N3S/c1-19-15(17-11-16)18-14-9-5-8-13(10-14)12-6-3-2-4-7-12/h2-10H,1H3,(H,17,18). The average molecular weight is 267 g/mol. The van der Waals surface area contributed by atoms with E-state index < -0.39 is 0 Å². The molecule has 2 aromatic rings. The Morgan fingerprint density at radius 3 is 2.53 bits per heavy atom. The largest absolute Gasteiger partial charge is 0.271 e. The fourth-order valence-corrected chi connectivity index (χ4v) is 2.02. The highest BCUT2D eigenvalue weighted by atomic mass is 32.2. The number of thioether (sulfide) groups is 1. The summed E-state index contributed by atoms with van der Waals surface area (Å²) < 4.78 is 0. The number of aliphatic imine (C=N–C) groups is 1. The minimum atomic E-state index is 0.590. The van der Waals surface area contributed by atoms with E-state index in [1.807, 2.05) is 54.9 Å². The number of benzene rings is 2. The smallest absolute Gasteiger partial charge is 0.183 e. The number of nitrogens with one attached hydrogen (secondary N) is 1. The Labute approximate surface area is 117 Å². The Kier molecular flexibility index (Phi) is 4.60. The molecule has 0 spiro atoms. The maximum Gasteiger partial charge on any atom is 0.183 e. The number of hydrogen-bond donors (Lipinski definition) is 1. The lowest BCUT2D eigenvalue weighted by Gasteiger charge is -2.04. The summed E-state index contributed by atoms with van der Waals surface area (Å²) in [6.45, 7) is 0. The fraction of sp³-hybridized carbons (Fsp3) is 0.0667. The molecule has 94 valence electrons. The summed E-state index contributed by atoms with van der Waals surface area (Å²) in [6, 6.07) is 18.1. The van der Waals surface area contributed by atoms with Gasteiger partial charge in [0.25, 0.3) is 0 Å². The summed E-state index contributed by atoms with van der Waals surface area (Å²) in [6.07, 6.45) is 3.76. The lowest BCUT2D eigenvalue weighted by atomic mass is 10.1. The van der Waals surface area contributed by atoms with Crippen LogP contribution in [-0.4, -0.2) is 11.4 Å². The highest BCUT2D eigenvalue weighted by Crippen LogP contribution is 2.24. The molecular formula is C15H13N3S. The summed E-state index contributed by atoms with van der Waals surface area (Å²) in [7, 11) is 0. The molecule has 0 aromatic heterocycles. The molecule has 0 unspecified atom stereocenters. The highest BCUT2D eigenvalue weighted by Gasteiger charge is 2.00. The number of nitrogens with zero attached hydrogens (tertiary/aromatic N) is 2. The first kappa shape index (κ1) is 13.2. The fourth-order valence-electron chi connectivity index (χ4n) is 1.68. The first-order valence-electron chi connectivity index (χ1n) is 5.77. The molecule has 0 bridgehead atoms. The summed E-state index contributed by atoms with van der Waals surface area (Å²) >= 11 is 1.41. The van der Waals surface area contributed by atoms with Crippen LogP contribution in [0.1, 0.15) is 0 Å². The molecule has 0 radical (unpaired) electrons. The van der Waals surface area contributed by atoms with Gasteiger partial charge in [-0.15, -0.1) is 0 Å². The number of rotatable bonds is 2. The quantitative estimate of drug-likeness (QED) is 0.390. The Bertz CT molecular complexity index is 615. The first-order valence-corrected chi connectivity index (χ1v) is 6.99. The van der Waals surface area contributed by atoms with Gasteiger partial charge in [0.2, 0.25) is 0 Å². The van der Waals surface area contributed by atoms with Crippen LogP contribution in [0.5, 0.6) is 0 Å². The van der Waals surface area contributed by atoms with Crippen molar-refractivity contribution in [3.63, 3.8) is 0 Å².